The molecule has 2 atom stereocenters. The van der Waals surface area contributed by atoms with Gasteiger partial charge in [0.25, 0.3) is 0 Å². The van der Waals surface area contributed by atoms with Crippen molar-refractivity contribution in [2.75, 3.05) is 13.7 Å². The van der Waals surface area contributed by atoms with Crippen LogP contribution in [0.25, 0.3) is 0 Å². The van der Waals surface area contributed by atoms with Gasteiger partial charge in [-0.15, -0.1) is 0 Å². The van der Waals surface area contributed by atoms with E-state index in [9.17, 15) is 14.4 Å². The van der Waals surface area contributed by atoms with Gasteiger partial charge in [0, 0.05) is 13.0 Å². The van der Waals surface area contributed by atoms with Crippen molar-refractivity contribution in [1.82, 2.24) is 5.32 Å². The van der Waals surface area contributed by atoms with E-state index in [1.807, 2.05) is 0 Å². The number of methoxy groups -OCH3 is 1. The van der Waals surface area contributed by atoms with Crippen LogP contribution in [0.1, 0.15) is 19.3 Å². The lowest BCUT2D eigenvalue weighted by atomic mass is 10.2. The number of carboxylic acids is 1. The van der Waals surface area contributed by atoms with Gasteiger partial charge >= 0.3 is 11.9 Å². The first-order valence-corrected chi connectivity index (χ1v) is 5.13. The molecular formula is C10H15NO5. The predicted molar refractivity (Wildman–Crippen MR) is 53.5 cm³/mol. The lowest BCUT2D eigenvalue weighted by molar-refractivity contribution is -0.141. The van der Waals surface area contributed by atoms with Gasteiger partial charge in [-0.1, -0.05) is 0 Å². The summed E-state index contributed by atoms with van der Waals surface area (Å²) >= 11 is 0. The van der Waals surface area contributed by atoms with E-state index in [1.165, 1.54) is 7.11 Å². The molecule has 0 aliphatic heterocycles. The van der Waals surface area contributed by atoms with Crippen LogP contribution in [0, 0.1) is 11.8 Å². The molecule has 0 aromatic heterocycles. The number of rotatable bonds is 6. The van der Waals surface area contributed by atoms with E-state index in [0.717, 1.165) is 0 Å². The largest absolute Gasteiger partial charge is 0.481 e. The molecule has 0 aromatic carbocycles. The summed E-state index contributed by atoms with van der Waals surface area (Å²) in [5, 5.41) is 11.2. The van der Waals surface area contributed by atoms with E-state index in [0.29, 0.717) is 19.4 Å². The van der Waals surface area contributed by atoms with Crippen LogP contribution in [0.4, 0.5) is 0 Å². The second kappa shape index (κ2) is 5.48. The molecule has 0 aromatic rings. The summed E-state index contributed by atoms with van der Waals surface area (Å²) < 4.78 is 4.44. The Labute approximate surface area is 93.0 Å². The molecule has 0 saturated heterocycles. The maximum Gasteiger partial charge on any atom is 0.307 e. The predicted octanol–water partition coefficient (Wildman–Crippen LogP) is -0.223. The minimum absolute atomic E-state index is 0.239. The zero-order chi connectivity index (χ0) is 12.1. The van der Waals surface area contributed by atoms with Crippen molar-refractivity contribution < 1.29 is 24.2 Å². The molecule has 1 aliphatic carbocycles. The van der Waals surface area contributed by atoms with Crippen LogP contribution < -0.4 is 5.32 Å². The van der Waals surface area contributed by atoms with Crippen molar-refractivity contribution in [2.24, 2.45) is 11.8 Å². The quantitative estimate of drug-likeness (QED) is 0.485. The monoisotopic (exact) mass is 229 g/mol. The number of carbonyl (C=O) groups excluding carboxylic acids is 2. The summed E-state index contributed by atoms with van der Waals surface area (Å²) in [5.41, 5.74) is 0. The van der Waals surface area contributed by atoms with Crippen LogP contribution in [0.3, 0.4) is 0 Å². The van der Waals surface area contributed by atoms with Gasteiger partial charge < -0.3 is 15.2 Å². The van der Waals surface area contributed by atoms with Crippen LogP contribution in [0.15, 0.2) is 0 Å². The molecule has 1 amide bonds. The normalized spacial score (nSPS) is 22.3. The maximum absolute atomic E-state index is 11.3. The topological polar surface area (TPSA) is 92.7 Å². The average molecular weight is 229 g/mol. The van der Waals surface area contributed by atoms with Crippen molar-refractivity contribution >= 4 is 17.8 Å². The van der Waals surface area contributed by atoms with Crippen molar-refractivity contribution in [3.8, 4) is 0 Å². The number of carbonyl (C=O) groups is 3. The SMILES string of the molecule is COC(=O)CCCNC(=O)[C@@H]1C[C@@H]1C(=O)O. The lowest BCUT2D eigenvalue weighted by Crippen LogP contribution is -2.27. The first-order chi connectivity index (χ1) is 7.56. The Balaban J connectivity index is 2.08. The zero-order valence-corrected chi connectivity index (χ0v) is 9.06. The first kappa shape index (κ1) is 12.5. The summed E-state index contributed by atoms with van der Waals surface area (Å²) in [6.45, 7) is 0.372. The average Bonchev–Trinajstić information content (AvgIpc) is 3.03. The van der Waals surface area contributed by atoms with E-state index >= 15 is 0 Å². The number of aliphatic carboxylic acids is 1. The van der Waals surface area contributed by atoms with E-state index in [2.05, 4.69) is 10.1 Å². The van der Waals surface area contributed by atoms with E-state index < -0.39 is 17.8 Å². The fourth-order valence-corrected chi connectivity index (χ4v) is 1.44. The molecule has 0 spiro atoms. The van der Waals surface area contributed by atoms with E-state index in [4.69, 9.17) is 5.11 Å². The Bertz CT molecular complexity index is 302. The number of amides is 1. The number of hydrogen-bond acceptors (Lipinski definition) is 4. The van der Waals surface area contributed by atoms with Crippen molar-refractivity contribution in [1.29, 1.82) is 0 Å². The number of esters is 1. The van der Waals surface area contributed by atoms with Crippen molar-refractivity contribution in [3.63, 3.8) is 0 Å². The molecule has 0 radical (unpaired) electrons. The second-order valence-corrected chi connectivity index (χ2v) is 3.76. The molecule has 0 heterocycles. The van der Waals surface area contributed by atoms with Gasteiger partial charge in [-0.3, -0.25) is 14.4 Å². The van der Waals surface area contributed by atoms with Crippen LogP contribution in [-0.2, 0) is 19.1 Å². The Morgan fingerprint density at radius 1 is 1.38 bits per heavy atom. The van der Waals surface area contributed by atoms with Crippen LogP contribution in [0.5, 0.6) is 0 Å². The highest BCUT2D eigenvalue weighted by molar-refractivity contribution is 5.89. The molecule has 1 rings (SSSR count). The smallest absolute Gasteiger partial charge is 0.307 e. The Hall–Kier alpha value is -1.59. The van der Waals surface area contributed by atoms with Gasteiger partial charge in [-0.2, -0.15) is 0 Å². The van der Waals surface area contributed by atoms with Gasteiger partial charge in [0.1, 0.15) is 0 Å². The molecule has 1 aliphatic rings. The lowest BCUT2D eigenvalue weighted by Gasteiger charge is -2.03. The number of hydrogen-bond donors (Lipinski definition) is 2. The fourth-order valence-electron chi connectivity index (χ4n) is 1.44. The van der Waals surface area contributed by atoms with Gasteiger partial charge in [0.05, 0.1) is 18.9 Å². The number of nitrogens with one attached hydrogen (secondary N) is 1. The third-order valence-corrected chi connectivity index (χ3v) is 2.53. The summed E-state index contributed by atoms with van der Waals surface area (Å²) in [5.74, 6) is -2.40. The van der Waals surface area contributed by atoms with Gasteiger partial charge in [0.15, 0.2) is 0 Å². The van der Waals surface area contributed by atoms with Crippen LogP contribution in [-0.4, -0.2) is 36.6 Å². The molecule has 2 N–H and O–H groups in total. The highest BCUT2D eigenvalue weighted by atomic mass is 16.5. The highest BCUT2D eigenvalue weighted by Crippen LogP contribution is 2.38. The zero-order valence-electron chi connectivity index (χ0n) is 9.06. The van der Waals surface area contributed by atoms with E-state index in [1.54, 1.807) is 0 Å². The van der Waals surface area contributed by atoms with Gasteiger partial charge in [-0.05, 0) is 12.8 Å². The van der Waals surface area contributed by atoms with Crippen LogP contribution in [0.2, 0.25) is 0 Å². The fraction of sp³-hybridized carbons (Fsp3) is 0.700. The summed E-state index contributed by atoms with van der Waals surface area (Å²) in [7, 11) is 1.31. The van der Waals surface area contributed by atoms with Crippen molar-refractivity contribution in [2.45, 2.75) is 19.3 Å². The molecule has 1 saturated carbocycles. The molecule has 16 heavy (non-hydrogen) atoms. The van der Waals surface area contributed by atoms with E-state index in [-0.39, 0.29) is 18.3 Å². The standard InChI is InChI=1S/C10H15NO5/c1-16-8(12)3-2-4-11-9(13)6-5-7(6)10(14)15/h6-7H,2-5H2,1H3,(H,11,13)(H,14,15)/t6-,7+/m1/s1. The highest BCUT2D eigenvalue weighted by Gasteiger charge is 2.48. The van der Waals surface area contributed by atoms with Gasteiger partial charge in [-0.25, -0.2) is 0 Å². The third kappa shape index (κ3) is 3.52. The molecule has 6 nitrogen and oxygen atoms in total. The Morgan fingerprint density at radius 3 is 2.56 bits per heavy atom. The van der Waals surface area contributed by atoms with Gasteiger partial charge in [0.2, 0.25) is 5.91 Å². The molecule has 6 heteroatoms. The summed E-state index contributed by atoms with van der Waals surface area (Å²) in [6, 6.07) is 0. The number of carboxylic acid groups (broad SMARTS) is 1. The number of ether oxygens (including phenoxy) is 1. The minimum Gasteiger partial charge on any atom is -0.481 e. The van der Waals surface area contributed by atoms with Crippen LogP contribution >= 0.6 is 0 Å². The maximum atomic E-state index is 11.3. The second-order valence-electron chi connectivity index (χ2n) is 3.76. The first-order valence-electron chi connectivity index (χ1n) is 5.13. The molecule has 0 bridgehead atoms. The molecule has 1 fully saturated rings. The Kier molecular flexibility index (Phi) is 4.28. The van der Waals surface area contributed by atoms with Crippen molar-refractivity contribution in [3.05, 3.63) is 0 Å². The summed E-state index contributed by atoms with van der Waals surface area (Å²) in [4.78, 5) is 32.6. The summed E-state index contributed by atoms with van der Waals surface area (Å²) in [6.07, 6.45) is 1.17. The molecule has 0 unspecified atom stereocenters. The Morgan fingerprint density at radius 2 is 2.06 bits per heavy atom. The molecular weight excluding hydrogens is 214 g/mol. The minimum atomic E-state index is -0.922. The third-order valence-electron chi connectivity index (χ3n) is 2.53. The molecule has 90 valence electrons.